The van der Waals surface area contributed by atoms with Crippen LogP contribution in [0.25, 0.3) is 0 Å². The Morgan fingerprint density at radius 2 is 1.83 bits per heavy atom. The van der Waals surface area contributed by atoms with Gasteiger partial charge in [-0.2, -0.15) is 0 Å². The topological polar surface area (TPSA) is 84.9 Å². The van der Waals surface area contributed by atoms with Gasteiger partial charge in [-0.3, -0.25) is 4.79 Å². The van der Waals surface area contributed by atoms with Crippen LogP contribution in [0.4, 0.5) is 0 Å². The van der Waals surface area contributed by atoms with Crippen molar-refractivity contribution in [1.82, 2.24) is 9.62 Å². The molecule has 2 rings (SSSR count). The van der Waals surface area contributed by atoms with Crippen molar-refractivity contribution >= 4 is 15.9 Å². The molecule has 1 fully saturated rings. The van der Waals surface area contributed by atoms with Gasteiger partial charge in [0.05, 0.1) is 20.0 Å². The predicted octanol–water partition coefficient (Wildman–Crippen LogP) is 1.14. The van der Waals surface area contributed by atoms with Crippen molar-refractivity contribution in [1.29, 1.82) is 0 Å². The summed E-state index contributed by atoms with van der Waals surface area (Å²) in [6.45, 7) is 1.44. The molecule has 1 aromatic carbocycles. The molecule has 0 aromatic heterocycles. The SMILES string of the molecule is COc1ccc(CNC(=O)CCS(=O)(=O)N2CCCC2)cc1OC. The van der Waals surface area contributed by atoms with E-state index >= 15 is 0 Å². The van der Waals surface area contributed by atoms with Crippen molar-refractivity contribution < 1.29 is 22.7 Å². The third-order valence-corrected chi connectivity index (χ3v) is 5.86. The minimum Gasteiger partial charge on any atom is -0.493 e. The summed E-state index contributed by atoms with van der Waals surface area (Å²) < 4.78 is 36.0. The van der Waals surface area contributed by atoms with Crippen LogP contribution in [-0.2, 0) is 21.4 Å². The summed E-state index contributed by atoms with van der Waals surface area (Å²) >= 11 is 0. The highest BCUT2D eigenvalue weighted by atomic mass is 32.2. The highest BCUT2D eigenvalue weighted by Gasteiger charge is 2.25. The molecule has 134 valence electrons. The Kier molecular flexibility index (Phi) is 6.44. The molecular formula is C16H24N2O5S. The van der Waals surface area contributed by atoms with Crippen LogP contribution in [0.5, 0.6) is 11.5 Å². The van der Waals surface area contributed by atoms with E-state index in [-0.39, 0.29) is 18.1 Å². The van der Waals surface area contributed by atoms with E-state index in [2.05, 4.69) is 5.32 Å². The van der Waals surface area contributed by atoms with E-state index in [1.54, 1.807) is 26.4 Å². The molecule has 1 saturated heterocycles. The minimum atomic E-state index is -3.32. The molecule has 1 aliphatic heterocycles. The number of carbonyl (C=O) groups excluding carboxylic acids is 1. The summed E-state index contributed by atoms with van der Waals surface area (Å²) in [6, 6.07) is 5.36. The first-order chi connectivity index (χ1) is 11.5. The van der Waals surface area contributed by atoms with E-state index in [1.807, 2.05) is 6.07 Å². The monoisotopic (exact) mass is 356 g/mol. The fraction of sp³-hybridized carbons (Fsp3) is 0.562. The van der Waals surface area contributed by atoms with Gasteiger partial charge in [0, 0.05) is 26.1 Å². The Bertz CT molecular complexity index is 669. The number of benzene rings is 1. The lowest BCUT2D eigenvalue weighted by molar-refractivity contribution is -0.120. The molecule has 0 bridgehead atoms. The smallest absolute Gasteiger partial charge is 0.221 e. The summed E-state index contributed by atoms with van der Waals surface area (Å²) in [6.07, 6.45) is 1.75. The van der Waals surface area contributed by atoms with Gasteiger partial charge < -0.3 is 14.8 Å². The zero-order valence-electron chi connectivity index (χ0n) is 14.1. The summed E-state index contributed by atoms with van der Waals surface area (Å²) in [5.74, 6) is 0.766. The van der Waals surface area contributed by atoms with Crippen LogP contribution in [0.3, 0.4) is 0 Å². The average Bonchev–Trinajstić information content (AvgIpc) is 3.13. The highest BCUT2D eigenvalue weighted by Crippen LogP contribution is 2.27. The first-order valence-corrected chi connectivity index (χ1v) is 9.52. The molecule has 1 aromatic rings. The van der Waals surface area contributed by atoms with Gasteiger partial charge >= 0.3 is 0 Å². The maximum absolute atomic E-state index is 12.1. The van der Waals surface area contributed by atoms with Gasteiger partial charge in [-0.25, -0.2) is 12.7 Å². The van der Waals surface area contributed by atoms with Crippen molar-refractivity contribution in [2.45, 2.75) is 25.8 Å². The quantitative estimate of drug-likeness (QED) is 0.755. The van der Waals surface area contributed by atoms with Gasteiger partial charge in [0.15, 0.2) is 11.5 Å². The molecule has 1 aliphatic rings. The van der Waals surface area contributed by atoms with E-state index in [4.69, 9.17) is 9.47 Å². The number of sulfonamides is 1. The zero-order valence-corrected chi connectivity index (χ0v) is 14.9. The van der Waals surface area contributed by atoms with E-state index in [1.165, 1.54) is 4.31 Å². The van der Waals surface area contributed by atoms with Crippen molar-refractivity contribution in [2.75, 3.05) is 33.1 Å². The maximum Gasteiger partial charge on any atom is 0.221 e. The molecule has 0 saturated carbocycles. The fourth-order valence-corrected chi connectivity index (χ4v) is 4.11. The predicted molar refractivity (Wildman–Crippen MR) is 90.6 cm³/mol. The van der Waals surface area contributed by atoms with Crippen molar-refractivity contribution in [3.63, 3.8) is 0 Å². The second-order valence-electron chi connectivity index (χ2n) is 5.64. The van der Waals surface area contributed by atoms with Crippen molar-refractivity contribution in [3.8, 4) is 11.5 Å². The first-order valence-electron chi connectivity index (χ1n) is 7.91. The summed E-state index contributed by atoms with van der Waals surface area (Å²) in [5.41, 5.74) is 0.850. The molecule has 1 heterocycles. The average molecular weight is 356 g/mol. The molecule has 7 nitrogen and oxygen atoms in total. The molecule has 1 amide bonds. The first kappa shape index (κ1) is 18.5. The third-order valence-electron chi connectivity index (χ3n) is 3.98. The third kappa shape index (κ3) is 4.85. The number of nitrogens with one attached hydrogen (secondary N) is 1. The maximum atomic E-state index is 12.1. The molecule has 0 spiro atoms. The Labute approximate surface area is 143 Å². The van der Waals surface area contributed by atoms with Gasteiger partial charge in [0.25, 0.3) is 0 Å². The summed E-state index contributed by atoms with van der Waals surface area (Å²) in [7, 11) is -0.221. The lowest BCUT2D eigenvalue weighted by atomic mass is 10.2. The standard InChI is InChI=1S/C16H24N2O5S/c1-22-14-6-5-13(11-15(14)23-2)12-17-16(19)7-10-24(20,21)18-8-3-4-9-18/h5-6,11H,3-4,7-10,12H2,1-2H3,(H,17,19). The van der Waals surface area contributed by atoms with Crippen molar-refractivity contribution in [2.24, 2.45) is 0 Å². The normalized spacial score (nSPS) is 15.2. The molecular weight excluding hydrogens is 332 g/mol. The van der Waals surface area contributed by atoms with E-state index in [9.17, 15) is 13.2 Å². The van der Waals surface area contributed by atoms with E-state index < -0.39 is 10.0 Å². The number of hydrogen-bond acceptors (Lipinski definition) is 5. The van der Waals surface area contributed by atoms with Crippen LogP contribution < -0.4 is 14.8 Å². The number of hydrogen-bond donors (Lipinski definition) is 1. The minimum absolute atomic E-state index is 0.0356. The lowest BCUT2D eigenvalue weighted by Gasteiger charge is -2.15. The van der Waals surface area contributed by atoms with Crippen LogP contribution in [0, 0.1) is 0 Å². The number of amides is 1. The number of carbonyl (C=O) groups is 1. The van der Waals surface area contributed by atoms with Crippen LogP contribution >= 0.6 is 0 Å². The second kappa shape index (κ2) is 8.34. The molecule has 0 unspecified atom stereocenters. The van der Waals surface area contributed by atoms with Gasteiger partial charge in [-0.15, -0.1) is 0 Å². The zero-order chi connectivity index (χ0) is 17.6. The number of rotatable bonds is 8. The number of ether oxygens (including phenoxy) is 2. The number of methoxy groups -OCH3 is 2. The molecule has 24 heavy (non-hydrogen) atoms. The van der Waals surface area contributed by atoms with Gasteiger partial charge in [-0.1, -0.05) is 6.07 Å². The Morgan fingerprint density at radius 1 is 1.17 bits per heavy atom. The van der Waals surface area contributed by atoms with Crippen LogP contribution in [0.15, 0.2) is 18.2 Å². The van der Waals surface area contributed by atoms with Crippen LogP contribution in [-0.4, -0.2) is 51.7 Å². The van der Waals surface area contributed by atoms with Gasteiger partial charge in [0.2, 0.25) is 15.9 Å². The molecule has 0 atom stereocenters. The molecule has 1 N–H and O–H groups in total. The largest absolute Gasteiger partial charge is 0.493 e. The molecule has 0 radical (unpaired) electrons. The summed E-state index contributed by atoms with van der Waals surface area (Å²) in [4.78, 5) is 11.9. The van der Waals surface area contributed by atoms with Gasteiger partial charge in [0.1, 0.15) is 0 Å². The highest BCUT2D eigenvalue weighted by molar-refractivity contribution is 7.89. The summed E-state index contributed by atoms with van der Waals surface area (Å²) in [5, 5.41) is 2.73. The van der Waals surface area contributed by atoms with E-state index in [0.717, 1.165) is 18.4 Å². The second-order valence-corrected chi connectivity index (χ2v) is 7.73. The van der Waals surface area contributed by atoms with Gasteiger partial charge in [-0.05, 0) is 30.5 Å². The molecule has 0 aliphatic carbocycles. The van der Waals surface area contributed by atoms with E-state index in [0.29, 0.717) is 31.1 Å². The Balaban J connectivity index is 1.83. The molecule has 8 heteroatoms. The number of nitrogens with zero attached hydrogens (tertiary/aromatic N) is 1. The Morgan fingerprint density at radius 3 is 2.46 bits per heavy atom. The van der Waals surface area contributed by atoms with Crippen LogP contribution in [0.2, 0.25) is 0 Å². The fourth-order valence-electron chi connectivity index (χ4n) is 2.60. The lowest BCUT2D eigenvalue weighted by Crippen LogP contribution is -2.33. The van der Waals surface area contributed by atoms with Crippen LogP contribution in [0.1, 0.15) is 24.8 Å². The Hall–Kier alpha value is -1.80. The van der Waals surface area contributed by atoms with Crippen molar-refractivity contribution in [3.05, 3.63) is 23.8 Å².